The first-order valence-corrected chi connectivity index (χ1v) is 8.75. The number of hydrogen-bond donors (Lipinski definition) is 0. The standard InChI is InChI=1S/C17H20FO2P/c1-14(2)20-21(18,19)13-17(15-9-5-3-6-10-15)16-11-7-4-8-12-16/h3-12,14,17H,13H2,1-2H3. The molecule has 21 heavy (non-hydrogen) atoms. The number of rotatable bonds is 6. The van der Waals surface area contributed by atoms with Crippen molar-refractivity contribution in [1.29, 1.82) is 0 Å². The average Bonchev–Trinajstić information content (AvgIpc) is 2.45. The van der Waals surface area contributed by atoms with Gasteiger partial charge in [-0.3, -0.25) is 4.57 Å². The zero-order valence-corrected chi connectivity index (χ0v) is 13.2. The fourth-order valence-electron chi connectivity index (χ4n) is 2.35. The Morgan fingerprint density at radius 1 is 0.952 bits per heavy atom. The summed E-state index contributed by atoms with van der Waals surface area (Å²) in [5.74, 6) is -0.276. The van der Waals surface area contributed by atoms with Gasteiger partial charge in [0, 0.05) is 5.92 Å². The summed E-state index contributed by atoms with van der Waals surface area (Å²) < 4.78 is 31.4. The third-order valence-corrected chi connectivity index (χ3v) is 4.71. The van der Waals surface area contributed by atoms with Crippen molar-refractivity contribution < 1.29 is 13.3 Å². The van der Waals surface area contributed by atoms with Gasteiger partial charge in [0.15, 0.2) is 0 Å². The molecule has 0 N–H and O–H groups in total. The maximum Gasteiger partial charge on any atom is 0.368 e. The molecule has 0 heterocycles. The third-order valence-electron chi connectivity index (χ3n) is 3.17. The third kappa shape index (κ3) is 4.80. The van der Waals surface area contributed by atoms with Crippen molar-refractivity contribution in [3.63, 3.8) is 0 Å². The van der Waals surface area contributed by atoms with Gasteiger partial charge in [-0.1, -0.05) is 60.7 Å². The molecule has 2 rings (SSSR count). The fraction of sp³-hybridized carbons (Fsp3) is 0.294. The van der Waals surface area contributed by atoms with E-state index in [1.165, 1.54) is 0 Å². The lowest BCUT2D eigenvalue weighted by Crippen LogP contribution is -2.09. The molecule has 1 unspecified atom stereocenters. The van der Waals surface area contributed by atoms with Crippen LogP contribution < -0.4 is 0 Å². The van der Waals surface area contributed by atoms with Gasteiger partial charge in [0.2, 0.25) is 0 Å². The van der Waals surface area contributed by atoms with Crippen LogP contribution in [0.2, 0.25) is 0 Å². The van der Waals surface area contributed by atoms with Crippen LogP contribution in [0.15, 0.2) is 60.7 Å². The molecule has 0 spiro atoms. The molecule has 2 aromatic carbocycles. The molecule has 0 fully saturated rings. The molecule has 0 saturated carbocycles. The predicted molar refractivity (Wildman–Crippen MR) is 84.5 cm³/mol. The lowest BCUT2D eigenvalue weighted by Gasteiger charge is -2.21. The van der Waals surface area contributed by atoms with Gasteiger partial charge in [-0.15, -0.1) is 0 Å². The summed E-state index contributed by atoms with van der Waals surface area (Å²) in [6.07, 6.45) is -0.535. The largest absolute Gasteiger partial charge is 0.368 e. The molecule has 2 nitrogen and oxygen atoms in total. The topological polar surface area (TPSA) is 26.3 Å². The molecule has 0 radical (unpaired) electrons. The van der Waals surface area contributed by atoms with Gasteiger partial charge in [-0.05, 0) is 25.0 Å². The Hall–Kier alpha value is -1.44. The van der Waals surface area contributed by atoms with Crippen molar-refractivity contribution in [3.8, 4) is 0 Å². The van der Waals surface area contributed by atoms with Gasteiger partial charge in [0.25, 0.3) is 0 Å². The van der Waals surface area contributed by atoms with Gasteiger partial charge in [0.05, 0.1) is 12.3 Å². The predicted octanol–water partition coefficient (Wildman–Crippen LogP) is 5.41. The zero-order chi connectivity index (χ0) is 15.3. The van der Waals surface area contributed by atoms with Crippen LogP contribution in [-0.4, -0.2) is 12.3 Å². The quantitative estimate of drug-likeness (QED) is 0.667. The Balaban J connectivity index is 2.32. The molecular weight excluding hydrogens is 286 g/mol. The summed E-state index contributed by atoms with van der Waals surface area (Å²) in [7, 11) is -4.14. The van der Waals surface area contributed by atoms with Gasteiger partial charge in [-0.2, -0.15) is 4.20 Å². The van der Waals surface area contributed by atoms with Crippen molar-refractivity contribution in [1.82, 2.24) is 0 Å². The van der Waals surface area contributed by atoms with Crippen LogP contribution in [0.4, 0.5) is 4.20 Å². The molecule has 4 heteroatoms. The van der Waals surface area contributed by atoms with Crippen LogP contribution in [0.25, 0.3) is 0 Å². The lowest BCUT2D eigenvalue weighted by atomic mass is 9.93. The zero-order valence-electron chi connectivity index (χ0n) is 12.3. The van der Waals surface area contributed by atoms with Crippen LogP contribution in [-0.2, 0) is 9.09 Å². The second-order valence-electron chi connectivity index (χ2n) is 5.30. The van der Waals surface area contributed by atoms with Crippen molar-refractivity contribution in [2.75, 3.05) is 6.16 Å². The molecule has 0 bridgehead atoms. The molecule has 0 saturated heterocycles. The normalized spacial score (nSPS) is 14.3. The minimum Gasteiger partial charge on any atom is -0.303 e. The Morgan fingerprint density at radius 3 is 1.76 bits per heavy atom. The first-order valence-electron chi connectivity index (χ1n) is 7.05. The van der Waals surface area contributed by atoms with E-state index in [4.69, 9.17) is 4.52 Å². The van der Waals surface area contributed by atoms with Gasteiger partial charge >= 0.3 is 7.68 Å². The first kappa shape index (κ1) is 15.9. The molecule has 0 aliphatic heterocycles. The molecule has 0 aromatic heterocycles. The molecular formula is C17H20FO2P. The van der Waals surface area contributed by atoms with Crippen LogP contribution in [0.1, 0.15) is 30.9 Å². The van der Waals surface area contributed by atoms with E-state index in [-0.39, 0.29) is 12.1 Å². The monoisotopic (exact) mass is 306 g/mol. The van der Waals surface area contributed by atoms with Crippen LogP contribution in [0.3, 0.4) is 0 Å². The number of hydrogen-bond acceptors (Lipinski definition) is 2. The highest BCUT2D eigenvalue weighted by atomic mass is 31.2. The molecule has 0 aliphatic carbocycles. The highest BCUT2D eigenvalue weighted by Crippen LogP contribution is 2.53. The molecule has 1 atom stereocenters. The van der Waals surface area contributed by atoms with Gasteiger partial charge in [0.1, 0.15) is 0 Å². The fourth-order valence-corrected chi connectivity index (χ4v) is 3.92. The van der Waals surface area contributed by atoms with Crippen LogP contribution in [0, 0.1) is 0 Å². The lowest BCUT2D eigenvalue weighted by molar-refractivity contribution is 0.223. The van der Waals surface area contributed by atoms with E-state index in [0.29, 0.717) is 0 Å². The average molecular weight is 306 g/mol. The van der Waals surface area contributed by atoms with E-state index < -0.39 is 13.8 Å². The van der Waals surface area contributed by atoms with E-state index >= 15 is 0 Å². The van der Waals surface area contributed by atoms with Gasteiger partial charge < -0.3 is 4.52 Å². The SMILES string of the molecule is CC(C)OP(=O)(F)CC(c1ccccc1)c1ccccc1. The van der Waals surface area contributed by atoms with Crippen molar-refractivity contribution in [2.45, 2.75) is 25.9 Å². The smallest absolute Gasteiger partial charge is 0.303 e. The van der Waals surface area contributed by atoms with Crippen LogP contribution in [0.5, 0.6) is 0 Å². The Bertz CT molecular complexity index is 559. The van der Waals surface area contributed by atoms with E-state index in [0.717, 1.165) is 11.1 Å². The van der Waals surface area contributed by atoms with Gasteiger partial charge in [-0.25, -0.2) is 0 Å². The summed E-state index contributed by atoms with van der Waals surface area (Å²) in [6, 6.07) is 19.1. The second-order valence-corrected chi connectivity index (χ2v) is 7.06. The van der Waals surface area contributed by atoms with E-state index in [2.05, 4.69) is 0 Å². The minimum absolute atomic E-state index is 0.140. The summed E-state index contributed by atoms with van der Waals surface area (Å²) in [6.45, 7) is 3.37. The Morgan fingerprint density at radius 2 is 1.38 bits per heavy atom. The molecule has 0 aliphatic rings. The molecule has 2 aromatic rings. The highest BCUT2D eigenvalue weighted by Gasteiger charge is 2.30. The Kier molecular flexibility index (Phi) is 5.33. The number of benzene rings is 2. The van der Waals surface area contributed by atoms with E-state index in [1.807, 2.05) is 60.7 Å². The van der Waals surface area contributed by atoms with Crippen molar-refractivity contribution in [2.24, 2.45) is 0 Å². The van der Waals surface area contributed by atoms with E-state index in [9.17, 15) is 8.76 Å². The molecule has 112 valence electrons. The maximum absolute atomic E-state index is 14.3. The van der Waals surface area contributed by atoms with Crippen molar-refractivity contribution >= 4 is 7.68 Å². The Labute approximate surface area is 125 Å². The number of halogens is 1. The maximum atomic E-state index is 14.3. The molecule has 0 amide bonds. The summed E-state index contributed by atoms with van der Waals surface area (Å²) in [5.41, 5.74) is 1.88. The summed E-state index contributed by atoms with van der Waals surface area (Å²) >= 11 is 0. The summed E-state index contributed by atoms with van der Waals surface area (Å²) in [4.78, 5) is 0. The van der Waals surface area contributed by atoms with Crippen LogP contribution >= 0.6 is 7.68 Å². The minimum atomic E-state index is -4.14. The summed E-state index contributed by atoms with van der Waals surface area (Å²) in [5, 5.41) is 0. The highest BCUT2D eigenvalue weighted by molar-refractivity contribution is 7.53. The second kappa shape index (κ2) is 7.02. The van der Waals surface area contributed by atoms with E-state index in [1.54, 1.807) is 13.8 Å². The van der Waals surface area contributed by atoms with Crippen molar-refractivity contribution in [3.05, 3.63) is 71.8 Å². The first-order chi connectivity index (χ1) is 9.98.